The normalized spacial score (nSPS) is 15.2. The van der Waals surface area contributed by atoms with Crippen LogP contribution >= 0.6 is 0 Å². The van der Waals surface area contributed by atoms with Crippen molar-refractivity contribution in [1.29, 1.82) is 0 Å². The van der Waals surface area contributed by atoms with E-state index in [9.17, 15) is 4.79 Å². The van der Waals surface area contributed by atoms with E-state index in [1.54, 1.807) is 0 Å². The molecular weight excluding hydrogens is 242 g/mol. The summed E-state index contributed by atoms with van der Waals surface area (Å²) in [4.78, 5) is 10.9. The summed E-state index contributed by atoms with van der Waals surface area (Å²) in [5.41, 5.74) is 1.18. The first-order chi connectivity index (χ1) is 9.28. The second-order valence-electron chi connectivity index (χ2n) is 4.84. The second kappa shape index (κ2) is 7.02. The van der Waals surface area contributed by atoms with E-state index in [4.69, 9.17) is 4.74 Å². The van der Waals surface area contributed by atoms with Crippen molar-refractivity contribution in [3.63, 3.8) is 0 Å². The third kappa shape index (κ3) is 4.47. The van der Waals surface area contributed by atoms with Crippen LogP contribution in [0.25, 0.3) is 0 Å². The zero-order chi connectivity index (χ0) is 13.5. The molecule has 1 aromatic rings. The van der Waals surface area contributed by atoms with Crippen LogP contribution in [0.4, 0.5) is 4.79 Å². The van der Waals surface area contributed by atoms with Crippen molar-refractivity contribution < 1.29 is 14.3 Å². The second-order valence-corrected chi connectivity index (χ2v) is 4.84. The number of rotatable bonds is 5. The van der Waals surface area contributed by atoms with Gasteiger partial charge in [-0.15, -0.1) is 0 Å². The summed E-state index contributed by atoms with van der Waals surface area (Å²) in [5.74, 6) is 0.941. The van der Waals surface area contributed by atoms with Gasteiger partial charge in [-0.2, -0.15) is 0 Å². The van der Waals surface area contributed by atoms with Crippen LogP contribution in [0.1, 0.15) is 31.2 Å². The van der Waals surface area contributed by atoms with Crippen molar-refractivity contribution >= 4 is 6.09 Å². The minimum atomic E-state index is -0.388. The minimum Gasteiger partial charge on any atom is -0.490 e. The molecule has 0 heterocycles. The third-order valence-electron chi connectivity index (χ3n) is 3.40. The van der Waals surface area contributed by atoms with E-state index >= 15 is 0 Å². The molecule has 1 fully saturated rings. The van der Waals surface area contributed by atoms with Gasteiger partial charge in [-0.3, -0.25) is 0 Å². The fourth-order valence-electron chi connectivity index (χ4n) is 2.31. The van der Waals surface area contributed by atoms with Crippen LogP contribution in [-0.4, -0.2) is 25.9 Å². The summed E-state index contributed by atoms with van der Waals surface area (Å²) in [6, 6.07) is 8.10. The van der Waals surface area contributed by atoms with Crippen molar-refractivity contribution in [2.45, 2.75) is 38.2 Å². The number of nitrogens with one attached hydrogen (secondary N) is 1. The first-order valence-electron chi connectivity index (χ1n) is 6.85. The molecule has 2 rings (SSSR count). The Bertz CT molecular complexity index is 396. The van der Waals surface area contributed by atoms with E-state index in [2.05, 4.69) is 10.1 Å². The average Bonchev–Trinajstić information content (AvgIpc) is 2.93. The summed E-state index contributed by atoms with van der Waals surface area (Å²) in [6.07, 6.45) is 5.70. The maximum Gasteiger partial charge on any atom is 0.406 e. The number of carbonyl (C=O) groups is 1. The largest absolute Gasteiger partial charge is 0.490 e. The van der Waals surface area contributed by atoms with Crippen LogP contribution in [-0.2, 0) is 11.2 Å². The molecule has 0 aromatic heterocycles. The molecule has 0 radical (unpaired) electrons. The van der Waals surface area contributed by atoms with E-state index in [1.165, 1.54) is 38.4 Å². The SMILES string of the molecule is COC(=O)NCCc1ccc(OC2CCCC2)cc1. The zero-order valence-corrected chi connectivity index (χ0v) is 11.4. The number of carbonyl (C=O) groups excluding carboxylic acids is 1. The number of hydrogen-bond donors (Lipinski definition) is 1. The molecule has 4 nitrogen and oxygen atoms in total. The van der Waals surface area contributed by atoms with Gasteiger partial charge in [0.2, 0.25) is 0 Å². The number of methoxy groups -OCH3 is 1. The highest BCUT2D eigenvalue weighted by atomic mass is 16.5. The van der Waals surface area contributed by atoms with Gasteiger partial charge < -0.3 is 14.8 Å². The predicted molar refractivity (Wildman–Crippen MR) is 73.4 cm³/mol. The number of ether oxygens (including phenoxy) is 2. The lowest BCUT2D eigenvalue weighted by molar-refractivity contribution is 0.171. The molecule has 1 N–H and O–H groups in total. The van der Waals surface area contributed by atoms with Gasteiger partial charge in [0.05, 0.1) is 13.2 Å². The summed E-state index contributed by atoms with van der Waals surface area (Å²) in [6.45, 7) is 0.579. The number of benzene rings is 1. The van der Waals surface area contributed by atoms with Crippen LogP contribution in [0.15, 0.2) is 24.3 Å². The molecule has 1 aromatic carbocycles. The van der Waals surface area contributed by atoms with Gasteiger partial charge in [-0.05, 0) is 49.8 Å². The van der Waals surface area contributed by atoms with E-state index in [-0.39, 0.29) is 6.09 Å². The molecule has 1 amide bonds. The van der Waals surface area contributed by atoms with E-state index in [0.29, 0.717) is 12.6 Å². The minimum absolute atomic E-state index is 0.388. The standard InChI is InChI=1S/C15H21NO3/c1-18-15(17)16-11-10-12-6-8-14(9-7-12)19-13-4-2-3-5-13/h6-9,13H,2-5,10-11H2,1H3,(H,16,17). The smallest absolute Gasteiger partial charge is 0.406 e. The molecule has 1 saturated carbocycles. The van der Waals surface area contributed by atoms with E-state index in [0.717, 1.165) is 12.2 Å². The fraction of sp³-hybridized carbons (Fsp3) is 0.533. The average molecular weight is 263 g/mol. The Labute approximate surface area is 114 Å². The summed E-state index contributed by atoms with van der Waals surface area (Å²) in [7, 11) is 1.37. The lowest BCUT2D eigenvalue weighted by Crippen LogP contribution is -2.25. The Morgan fingerprint density at radius 2 is 1.95 bits per heavy atom. The molecule has 1 aliphatic rings. The number of amides is 1. The Hall–Kier alpha value is -1.71. The van der Waals surface area contributed by atoms with Gasteiger partial charge in [0.1, 0.15) is 5.75 Å². The lowest BCUT2D eigenvalue weighted by atomic mass is 10.1. The maximum atomic E-state index is 10.9. The molecule has 4 heteroatoms. The van der Waals surface area contributed by atoms with Gasteiger partial charge in [0, 0.05) is 6.54 Å². The summed E-state index contributed by atoms with van der Waals surface area (Å²) in [5, 5.41) is 2.66. The zero-order valence-electron chi connectivity index (χ0n) is 11.4. The highest BCUT2D eigenvalue weighted by Gasteiger charge is 2.16. The molecule has 0 unspecified atom stereocenters. The van der Waals surface area contributed by atoms with Crippen LogP contribution in [0.5, 0.6) is 5.75 Å². The van der Waals surface area contributed by atoms with Gasteiger partial charge in [0.15, 0.2) is 0 Å². The first kappa shape index (κ1) is 13.7. The van der Waals surface area contributed by atoms with E-state index in [1.807, 2.05) is 24.3 Å². The molecule has 104 valence electrons. The Morgan fingerprint density at radius 1 is 1.26 bits per heavy atom. The van der Waals surface area contributed by atoms with Crippen LogP contribution < -0.4 is 10.1 Å². The highest BCUT2D eigenvalue weighted by Crippen LogP contribution is 2.24. The summed E-state index contributed by atoms with van der Waals surface area (Å²) >= 11 is 0. The number of hydrogen-bond acceptors (Lipinski definition) is 3. The van der Waals surface area contributed by atoms with Gasteiger partial charge in [0.25, 0.3) is 0 Å². The van der Waals surface area contributed by atoms with Gasteiger partial charge >= 0.3 is 6.09 Å². The Morgan fingerprint density at radius 3 is 2.58 bits per heavy atom. The highest BCUT2D eigenvalue weighted by molar-refractivity contribution is 5.66. The molecular formula is C15H21NO3. The van der Waals surface area contributed by atoms with E-state index < -0.39 is 0 Å². The molecule has 1 aliphatic carbocycles. The molecule has 0 saturated heterocycles. The number of alkyl carbamates (subject to hydrolysis) is 1. The molecule has 0 bridgehead atoms. The van der Waals surface area contributed by atoms with Crippen LogP contribution in [0, 0.1) is 0 Å². The summed E-state index contributed by atoms with van der Waals surface area (Å²) < 4.78 is 10.4. The van der Waals surface area contributed by atoms with Crippen molar-refractivity contribution in [2.75, 3.05) is 13.7 Å². The maximum absolute atomic E-state index is 10.9. The van der Waals surface area contributed by atoms with Crippen molar-refractivity contribution in [2.24, 2.45) is 0 Å². The topological polar surface area (TPSA) is 47.6 Å². The lowest BCUT2D eigenvalue weighted by Gasteiger charge is -2.13. The Balaban J connectivity index is 1.75. The molecule has 0 aliphatic heterocycles. The van der Waals surface area contributed by atoms with Gasteiger partial charge in [-0.25, -0.2) is 4.79 Å². The van der Waals surface area contributed by atoms with Crippen LogP contribution in [0.2, 0.25) is 0 Å². The van der Waals surface area contributed by atoms with Crippen molar-refractivity contribution in [1.82, 2.24) is 5.32 Å². The fourth-order valence-corrected chi connectivity index (χ4v) is 2.31. The molecule has 19 heavy (non-hydrogen) atoms. The van der Waals surface area contributed by atoms with Gasteiger partial charge in [-0.1, -0.05) is 12.1 Å². The Kier molecular flexibility index (Phi) is 5.07. The molecule has 0 spiro atoms. The van der Waals surface area contributed by atoms with Crippen LogP contribution in [0.3, 0.4) is 0 Å². The van der Waals surface area contributed by atoms with Crippen molar-refractivity contribution in [3.05, 3.63) is 29.8 Å². The molecule has 0 atom stereocenters. The monoisotopic (exact) mass is 263 g/mol. The predicted octanol–water partition coefficient (Wildman–Crippen LogP) is 2.91. The first-order valence-corrected chi connectivity index (χ1v) is 6.85. The van der Waals surface area contributed by atoms with Crippen molar-refractivity contribution in [3.8, 4) is 5.75 Å². The third-order valence-corrected chi connectivity index (χ3v) is 3.40. The quantitative estimate of drug-likeness (QED) is 0.888.